The predicted octanol–water partition coefficient (Wildman–Crippen LogP) is 2.83. The van der Waals surface area contributed by atoms with Crippen molar-refractivity contribution in [1.82, 2.24) is 9.80 Å². The fourth-order valence-electron chi connectivity index (χ4n) is 6.42. The number of halogens is 2. The summed E-state index contributed by atoms with van der Waals surface area (Å²) in [7, 11) is 0. The lowest BCUT2D eigenvalue weighted by Gasteiger charge is -2.33. The number of rotatable bonds is 2. The van der Waals surface area contributed by atoms with Gasteiger partial charge in [-0.05, 0) is 44.9 Å². The SMILES string of the molecule is O=C([C@H]1C[C@H]2CC[C@H]1N2C(=O)C1CCC(F)(F)CC1)N1CC[C@]2(CCOC2)C1. The Hall–Kier alpha value is -1.24. The summed E-state index contributed by atoms with van der Waals surface area (Å²) in [6.45, 7) is 3.12. The molecule has 4 heterocycles. The minimum atomic E-state index is -2.62. The van der Waals surface area contributed by atoms with Gasteiger partial charge >= 0.3 is 0 Å². The van der Waals surface area contributed by atoms with E-state index < -0.39 is 5.92 Å². The van der Waals surface area contributed by atoms with Crippen molar-refractivity contribution >= 4 is 11.8 Å². The zero-order chi connectivity index (χ0) is 19.5. The van der Waals surface area contributed by atoms with Gasteiger partial charge in [-0.3, -0.25) is 9.59 Å². The zero-order valence-electron chi connectivity index (χ0n) is 16.4. The number of fused-ring (bicyclic) bond motifs is 2. The minimum absolute atomic E-state index is 0.0242. The van der Waals surface area contributed by atoms with Crippen molar-refractivity contribution < 1.29 is 23.1 Å². The number of hydrogen-bond donors (Lipinski definition) is 0. The van der Waals surface area contributed by atoms with Crippen molar-refractivity contribution in [2.24, 2.45) is 17.3 Å². The van der Waals surface area contributed by atoms with Crippen LogP contribution in [0.5, 0.6) is 0 Å². The third kappa shape index (κ3) is 3.04. The van der Waals surface area contributed by atoms with Crippen molar-refractivity contribution in [2.45, 2.75) is 75.8 Å². The van der Waals surface area contributed by atoms with Crippen LogP contribution < -0.4 is 0 Å². The van der Waals surface area contributed by atoms with E-state index in [1.54, 1.807) is 0 Å². The Morgan fingerprint density at radius 3 is 2.46 bits per heavy atom. The summed E-state index contributed by atoms with van der Waals surface area (Å²) in [5.41, 5.74) is 0.149. The first-order valence-electron chi connectivity index (χ1n) is 10.9. The highest BCUT2D eigenvalue weighted by molar-refractivity contribution is 5.85. The van der Waals surface area contributed by atoms with Gasteiger partial charge in [-0.1, -0.05) is 0 Å². The Balaban J connectivity index is 1.24. The van der Waals surface area contributed by atoms with Gasteiger partial charge in [-0.15, -0.1) is 0 Å². The van der Waals surface area contributed by atoms with Gasteiger partial charge in [-0.2, -0.15) is 0 Å². The van der Waals surface area contributed by atoms with Crippen molar-refractivity contribution in [3.63, 3.8) is 0 Å². The van der Waals surface area contributed by atoms with Crippen LogP contribution in [-0.2, 0) is 14.3 Å². The molecular formula is C21H30F2N2O3. The van der Waals surface area contributed by atoms with Crippen LogP contribution in [0.1, 0.15) is 57.8 Å². The number of hydrogen-bond acceptors (Lipinski definition) is 3. The molecule has 5 nitrogen and oxygen atoms in total. The van der Waals surface area contributed by atoms with E-state index >= 15 is 0 Å². The Labute approximate surface area is 164 Å². The summed E-state index contributed by atoms with van der Waals surface area (Å²) < 4.78 is 32.5. The van der Waals surface area contributed by atoms with Gasteiger partial charge in [0.25, 0.3) is 0 Å². The fourth-order valence-corrected chi connectivity index (χ4v) is 6.42. The van der Waals surface area contributed by atoms with E-state index in [9.17, 15) is 18.4 Å². The van der Waals surface area contributed by atoms with Gasteiger partial charge in [0, 0.05) is 56.0 Å². The lowest BCUT2D eigenvalue weighted by atomic mass is 9.85. The number of amides is 2. The largest absolute Gasteiger partial charge is 0.381 e. The Bertz CT molecular complexity index is 654. The summed E-state index contributed by atoms with van der Waals surface area (Å²) >= 11 is 0. The summed E-state index contributed by atoms with van der Waals surface area (Å²) in [6.07, 6.45) is 4.78. The van der Waals surface area contributed by atoms with E-state index in [1.807, 2.05) is 9.80 Å². The summed E-state index contributed by atoms with van der Waals surface area (Å²) in [6, 6.07) is 0.101. The second-order valence-corrected chi connectivity index (χ2v) is 9.83. The second kappa shape index (κ2) is 6.64. The Morgan fingerprint density at radius 2 is 1.75 bits per heavy atom. The summed E-state index contributed by atoms with van der Waals surface area (Å²) in [4.78, 5) is 30.3. The van der Waals surface area contributed by atoms with E-state index in [0.717, 1.165) is 58.4 Å². The normalized spacial score (nSPS) is 40.0. The van der Waals surface area contributed by atoms with Crippen LogP contribution in [0.4, 0.5) is 8.78 Å². The number of nitrogens with zero attached hydrogens (tertiary/aromatic N) is 2. The van der Waals surface area contributed by atoms with Gasteiger partial charge in [-0.25, -0.2) is 8.78 Å². The van der Waals surface area contributed by atoms with E-state index in [2.05, 4.69) is 0 Å². The van der Waals surface area contributed by atoms with E-state index in [0.29, 0.717) is 0 Å². The molecule has 5 rings (SSSR count). The molecule has 4 saturated heterocycles. The standard InChI is InChI=1S/C21H30F2N2O3/c22-21(23)5-3-14(4-6-21)18(26)25-15-1-2-17(25)16(11-15)19(27)24-9-7-20(12-24)8-10-28-13-20/h14-17H,1-13H2/t15-,16+,17-,20+/m1/s1. The molecule has 2 amide bonds. The molecule has 1 aliphatic carbocycles. The number of carbonyl (C=O) groups is 2. The van der Waals surface area contributed by atoms with Crippen LogP contribution in [0.3, 0.4) is 0 Å². The van der Waals surface area contributed by atoms with Crippen LogP contribution >= 0.6 is 0 Å². The topological polar surface area (TPSA) is 49.9 Å². The van der Waals surface area contributed by atoms with Gasteiger partial charge in [0.05, 0.1) is 12.5 Å². The predicted molar refractivity (Wildman–Crippen MR) is 97.7 cm³/mol. The molecule has 1 saturated carbocycles. The smallest absolute Gasteiger partial charge is 0.248 e. The van der Waals surface area contributed by atoms with Gasteiger partial charge in [0.2, 0.25) is 17.7 Å². The molecule has 28 heavy (non-hydrogen) atoms. The quantitative estimate of drug-likeness (QED) is 0.721. The van der Waals surface area contributed by atoms with Crippen molar-refractivity contribution in [3.05, 3.63) is 0 Å². The molecule has 4 atom stereocenters. The van der Waals surface area contributed by atoms with E-state index in [1.165, 1.54) is 0 Å². The maximum atomic E-state index is 13.5. The third-order valence-electron chi connectivity index (χ3n) is 8.11. The monoisotopic (exact) mass is 396 g/mol. The van der Waals surface area contributed by atoms with Crippen LogP contribution in [0.25, 0.3) is 0 Å². The van der Waals surface area contributed by atoms with Gasteiger partial charge < -0.3 is 14.5 Å². The Kier molecular flexibility index (Phi) is 4.45. The minimum Gasteiger partial charge on any atom is -0.381 e. The fraction of sp³-hybridized carbons (Fsp3) is 0.905. The summed E-state index contributed by atoms with van der Waals surface area (Å²) in [5.74, 6) is -2.79. The maximum absolute atomic E-state index is 13.5. The van der Waals surface area contributed by atoms with Gasteiger partial charge in [0.15, 0.2) is 0 Å². The molecule has 0 radical (unpaired) electrons. The van der Waals surface area contributed by atoms with Crippen molar-refractivity contribution in [3.8, 4) is 0 Å². The average molecular weight is 396 g/mol. The van der Waals surface area contributed by atoms with Crippen LogP contribution in [-0.4, -0.2) is 65.9 Å². The molecule has 0 N–H and O–H groups in total. The highest BCUT2D eigenvalue weighted by Gasteiger charge is 2.54. The Morgan fingerprint density at radius 1 is 0.964 bits per heavy atom. The van der Waals surface area contributed by atoms with E-state index in [-0.39, 0.29) is 66.8 Å². The third-order valence-corrected chi connectivity index (χ3v) is 8.11. The number of alkyl halides is 2. The maximum Gasteiger partial charge on any atom is 0.248 e. The lowest BCUT2D eigenvalue weighted by Crippen LogP contribution is -2.45. The first kappa shape index (κ1) is 18.8. The van der Waals surface area contributed by atoms with Gasteiger partial charge in [0.1, 0.15) is 0 Å². The average Bonchev–Trinajstić information content (AvgIpc) is 3.45. The molecular weight excluding hydrogens is 366 g/mol. The number of carbonyl (C=O) groups excluding carboxylic acids is 2. The first-order chi connectivity index (χ1) is 13.4. The molecule has 4 aliphatic heterocycles. The van der Waals surface area contributed by atoms with Crippen LogP contribution in [0.2, 0.25) is 0 Å². The zero-order valence-corrected chi connectivity index (χ0v) is 16.4. The molecule has 7 heteroatoms. The van der Waals surface area contributed by atoms with Crippen LogP contribution in [0.15, 0.2) is 0 Å². The summed E-state index contributed by atoms with van der Waals surface area (Å²) in [5, 5.41) is 0. The molecule has 0 aromatic rings. The van der Waals surface area contributed by atoms with Crippen molar-refractivity contribution in [2.75, 3.05) is 26.3 Å². The highest BCUT2D eigenvalue weighted by atomic mass is 19.3. The lowest BCUT2D eigenvalue weighted by molar-refractivity contribution is -0.142. The molecule has 0 unspecified atom stereocenters. The highest BCUT2D eigenvalue weighted by Crippen LogP contribution is 2.47. The molecule has 0 aromatic carbocycles. The molecule has 0 aromatic heterocycles. The molecule has 1 spiro atoms. The molecule has 5 aliphatic rings. The van der Waals surface area contributed by atoms with Crippen LogP contribution in [0, 0.1) is 17.3 Å². The van der Waals surface area contributed by atoms with Crippen molar-refractivity contribution in [1.29, 1.82) is 0 Å². The molecule has 2 bridgehead atoms. The first-order valence-corrected chi connectivity index (χ1v) is 10.9. The molecule has 5 fully saturated rings. The number of ether oxygens (including phenoxy) is 1. The second-order valence-electron chi connectivity index (χ2n) is 9.83. The molecule has 156 valence electrons. The van der Waals surface area contributed by atoms with E-state index in [4.69, 9.17) is 4.74 Å². The number of likely N-dealkylation sites (tertiary alicyclic amines) is 1.